The van der Waals surface area contributed by atoms with Crippen LogP contribution in [-0.4, -0.2) is 68.6 Å². The van der Waals surface area contributed by atoms with Crippen molar-refractivity contribution in [3.63, 3.8) is 0 Å². The molecule has 0 aliphatic carbocycles. The van der Waals surface area contributed by atoms with Crippen molar-refractivity contribution in [3.05, 3.63) is 24.2 Å². The summed E-state index contributed by atoms with van der Waals surface area (Å²) in [5.74, 6) is 1.86. The first-order chi connectivity index (χ1) is 11.4. The van der Waals surface area contributed by atoms with Crippen LogP contribution in [0.1, 0.15) is 38.5 Å². The number of likely N-dealkylation sites (N-methyl/N-ethyl adjacent to an activating group) is 1. The van der Waals surface area contributed by atoms with E-state index in [4.69, 9.17) is 4.42 Å². The van der Waals surface area contributed by atoms with E-state index in [1.807, 2.05) is 13.1 Å². The maximum Gasteiger partial charge on any atom is 0.191 e. The molecule has 1 aliphatic heterocycles. The summed E-state index contributed by atoms with van der Waals surface area (Å²) in [6.07, 6.45) is 4.29. The topological polar surface area (TPSA) is 56.0 Å². The largest absolute Gasteiger partial charge is 0.468 e. The van der Waals surface area contributed by atoms with Crippen molar-refractivity contribution in [3.8, 4) is 0 Å². The van der Waals surface area contributed by atoms with E-state index in [1.165, 1.54) is 12.8 Å². The Labute approximate surface area is 169 Å². The molecule has 0 amide bonds. The Morgan fingerprint density at radius 3 is 2.52 bits per heavy atom. The number of halogens is 1. The fraction of sp³-hybridized carbons (Fsp3) is 0.722. The van der Waals surface area contributed by atoms with Gasteiger partial charge in [0, 0.05) is 25.7 Å². The Kier molecular flexibility index (Phi) is 9.23. The Morgan fingerprint density at radius 1 is 1.32 bits per heavy atom. The first kappa shape index (κ1) is 22.2. The molecule has 0 bridgehead atoms. The van der Waals surface area contributed by atoms with Gasteiger partial charge in [0.1, 0.15) is 5.76 Å². The third-order valence-corrected chi connectivity index (χ3v) is 5.04. The molecule has 2 N–H and O–H groups in total. The number of guanidine groups is 1. The van der Waals surface area contributed by atoms with E-state index in [0.29, 0.717) is 0 Å². The van der Waals surface area contributed by atoms with Crippen LogP contribution >= 0.6 is 24.0 Å². The molecule has 7 heteroatoms. The average Bonchev–Trinajstić information content (AvgIpc) is 3.24. The highest BCUT2D eigenvalue weighted by molar-refractivity contribution is 14.0. The standard InChI is InChI=1S/C18H33N5O.HI/c1-18(2,22(4)5)14-21-17(19-3)20-13-15(16-9-8-12-24-16)23-10-6-7-11-23;/h8-9,12,15H,6-7,10-11,13-14H2,1-5H3,(H2,19,20,21);1H. The van der Waals surface area contributed by atoms with Crippen LogP contribution in [0, 0.1) is 0 Å². The average molecular weight is 463 g/mol. The van der Waals surface area contributed by atoms with Crippen LogP contribution in [-0.2, 0) is 0 Å². The summed E-state index contributed by atoms with van der Waals surface area (Å²) in [5, 5.41) is 6.90. The van der Waals surface area contributed by atoms with Gasteiger partial charge in [0.15, 0.2) is 5.96 Å². The van der Waals surface area contributed by atoms with E-state index >= 15 is 0 Å². The first-order valence-corrected chi connectivity index (χ1v) is 8.83. The van der Waals surface area contributed by atoms with Gasteiger partial charge >= 0.3 is 0 Å². The number of aliphatic imine (C=N–C) groups is 1. The summed E-state index contributed by atoms with van der Waals surface area (Å²) in [6.45, 7) is 8.30. The van der Waals surface area contributed by atoms with Crippen molar-refractivity contribution in [2.75, 3.05) is 47.3 Å². The summed E-state index contributed by atoms with van der Waals surface area (Å²) in [5.41, 5.74) is 0.0625. The fourth-order valence-corrected chi connectivity index (χ4v) is 2.82. The van der Waals surface area contributed by atoms with Gasteiger partial charge in [0.05, 0.1) is 12.3 Å². The second-order valence-corrected chi connectivity index (χ2v) is 7.29. The normalized spacial score (nSPS) is 17.4. The minimum absolute atomic E-state index is 0. The molecular formula is C18H34IN5O. The molecule has 144 valence electrons. The number of hydrogen-bond donors (Lipinski definition) is 2. The Hall–Kier alpha value is -0.800. The van der Waals surface area contributed by atoms with Gasteiger partial charge in [-0.25, -0.2) is 0 Å². The van der Waals surface area contributed by atoms with Gasteiger partial charge in [-0.3, -0.25) is 9.89 Å². The third-order valence-electron chi connectivity index (χ3n) is 5.04. The second kappa shape index (κ2) is 10.4. The number of hydrogen-bond acceptors (Lipinski definition) is 4. The lowest BCUT2D eigenvalue weighted by Gasteiger charge is -2.33. The Bertz CT molecular complexity index is 510. The van der Waals surface area contributed by atoms with E-state index in [-0.39, 0.29) is 35.6 Å². The van der Waals surface area contributed by atoms with E-state index in [9.17, 15) is 0 Å². The molecule has 1 saturated heterocycles. The Balaban J connectivity index is 0.00000312. The summed E-state index contributed by atoms with van der Waals surface area (Å²) >= 11 is 0. The van der Waals surface area contributed by atoms with Gasteiger partial charge in [-0.1, -0.05) is 0 Å². The van der Waals surface area contributed by atoms with E-state index in [0.717, 1.165) is 37.9 Å². The molecule has 0 spiro atoms. The fourth-order valence-electron chi connectivity index (χ4n) is 2.82. The molecular weight excluding hydrogens is 429 g/mol. The van der Waals surface area contributed by atoms with Crippen molar-refractivity contribution in [1.82, 2.24) is 20.4 Å². The quantitative estimate of drug-likeness (QED) is 0.370. The molecule has 0 radical (unpaired) electrons. The van der Waals surface area contributed by atoms with Crippen molar-refractivity contribution in [1.29, 1.82) is 0 Å². The predicted octanol–water partition coefficient (Wildman–Crippen LogP) is 2.54. The molecule has 1 atom stereocenters. The van der Waals surface area contributed by atoms with Crippen LogP contribution in [0.3, 0.4) is 0 Å². The first-order valence-electron chi connectivity index (χ1n) is 8.83. The van der Waals surface area contributed by atoms with Crippen LogP contribution in [0.4, 0.5) is 0 Å². The van der Waals surface area contributed by atoms with Gasteiger partial charge < -0.3 is 20.0 Å². The van der Waals surface area contributed by atoms with Crippen LogP contribution < -0.4 is 10.6 Å². The number of nitrogens with zero attached hydrogens (tertiary/aromatic N) is 3. The zero-order chi connectivity index (χ0) is 17.6. The lowest BCUT2D eigenvalue weighted by molar-refractivity contribution is 0.196. The smallest absolute Gasteiger partial charge is 0.191 e. The van der Waals surface area contributed by atoms with E-state index in [2.05, 4.69) is 59.4 Å². The predicted molar refractivity (Wildman–Crippen MR) is 115 cm³/mol. The van der Waals surface area contributed by atoms with Gasteiger partial charge in [-0.05, 0) is 66.0 Å². The van der Waals surface area contributed by atoms with Crippen molar-refractivity contribution in [2.24, 2.45) is 4.99 Å². The van der Waals surface area contributed by atoms with Crippen molar-refractivity contribution in [2.45, 2.75) is 38.3 Å². The van der Waals surface area contributed by atoms with Gasteiger partial charge in [-0.15, -0.1) is 24.0 Å². The minimum atomic E-state index is 0. The number of rotatable bonds is 7. The highest BCUT2D eigenvalue weighted by Crippen LogP contribution is 2.24. The van der Waals surface area contributed by atoms with Crippen LogP contribution in [0.25, 0.3) is 0 Å². The molecule has 1 aromatic rings. The molecule has 1 fully saturated rings. The van der Waals surface area contributed by atoms with E-state index in [1.54, 1.807) is 6.26 Å². The summed E-state index contributed by atoms with van der Waals surface area (Å²) in [7, 11) is 6.01. The monoisotopic (exact) mass is 463 g/mol. The molecule has 2 rings (SSSR count). The maximum atomic E-state index is 5.67. The summed E-state index contributed by atoms with van der Waals surface area (Å²) in [6, 6.07) is 4.28. The molecule has 0 aromatic carbocycles. The summed E-state index contributed by atoms with van der Waals surface area (Å²) in [4.78, 5) is 9.06. The molecule has 2 heterocycles. The zero-order valence-electron chi connectivity index (χ0n) is 16.2. The van der Waals surface area contributed by atoms with Crippen LogP contribution in [0.2, 0.25) is 0 Å². The van der Waals surface area contributed by atoms with E-state index < -0.39 is 0 Å². The minimum Gasteiger partial charge on any atom is -0.468 e. The third kappa shape index (κ3) is 6.45. The van der Waals surface area contributed by atoms with Gasteiger partial charge in [0.2, 0.25) is 0 Å². The van der Waals surface area contributed by atoms with Crippen molar-refractivity contribution < 1.29 is 4.42 Å². The summed E-state index contributed by atoms with van der Waals surface area (Å²) < 4.78 is 5.67. The molecule has 1 unspecified atom stereocenters. The lowest BCUT2D eigenvalue weighted by Crippen LogP contribution is -2.51. The SMILES string of the molecule is CN=C(NCC(c1ccco1)N1CCCC1)NCC(C)(C)N(C)C.I. The van der Waals surface area contributed by atoms with Crippen molar-refractivity contribution >= 4 is 29.9 Å². The molecule has 6 nitrogen and oxygen atoms in total. The molecule has 0 saturated carbocycles. The highest BCUT2D eigenvalue weighted by atomic mass is 127. The van der Waals surface area contributed by atoms with Gasteiger partial charge in [0.25, 0.3) is 0 Å². The molecule has 1 aromatic heterocycles. The molecule has 1 aliphatic rings. The second-order valence-electron chi connectivity index (χ2n) is 7.29. The van der Waals surface area contributed by atoms with Gasteiger partial charge in [-0.2, -0.15) is 0 Å². The highest BCUT2D eigenvalue weighted by Gasteiger charge is 2.26. The maximum absolute atomic E-state index is 5.67. The number of furan rings is 1. The zero-order valence-corrected chi connectivity index (χ0v) is 18.5. The Morgan fingerprint density at radius 2 is 2.00 bits per heavy atom. The number of likely N-dealkylation sites (tertiary alicyclic amines) is 1. The molecule has 25 heavy (non-hydrogen) atoms. The number of nitrogens with one attached hydrogen (secondary N) is 2. The lowest BCUT2D eigenvalue weighted by atomic mass is 10.0. The van der Waals surface area contributed by atoms with Crippen LogP contribution in [0.5, 0.6) is 0 Å². The van der Waals surface area contributed by atoms with Crippen LogP contribution in [0.15, 0.2) is 27.8 Å².